The Morgan fingerprint density at radius 3 is 2.65 bits per heavy atom. The number of hydrogen-bond acceptors (Lipinski definition) is 2. The molecule has 2 nitrogen and oxygen atoms in total. The minimum absolute atomic E-state index is 0.564. The fourth-order valence-electron chi connectivity index (χ4n) is 4.24. The molecule has 0 aromatic heterocycles. The van der Waals surface area contributed by atoms with Crippen LogP contribution in [0.15, 0.2) is 0 Å². The van der Waals surface area contributed by atoms with Crippen molar-refractivity contribution >= 4 is 0 Å². The molecule has 2 heterocycles. The summed E-state index contributed by atoms with van der Waals surface area (Å²) in [4.78, 5) is 2.75. The van der Waals surface area contributed by atoms with Gasteiger partial charge in [0.1, 0.15) is 0 Å². The van der Waals surface area contributed by atoms with Crippen molar-refractivity contribution in [3.8, 4) is 0 Å². The molecule has 0 bridgehead atoms. The van der Waals surface area contributed by atoms with Crippen molar-refractivity contribution in [2.45, 2.75) is 46.0 Å². The third-order valence-electron chi connectivity index (χ3n) is 5.42. The zero-order valence-corrected chi connectivity index (χ0v) is 11.6. The Labute approximate surface area is 106 Å². The largest absolute Gasteiger partial charge is 0.317 e. The van der Waals surface area contributed by atoms with Crippen LogP contribution in [-0.2, 0) is 0 Å². The van der Waals surface area contributed by atoms with Crippen molar-refractivity contribution in [2.24, 2.45) is 16.7 Å². The van der Waals surface area contributed by atoms with E-state index < -0.39 is 0 Å². The third-order valence-corrected chi connectivity index (χ3v) is 5.42. The van der Waals surface area contributed by atoms with Gasteiger partial charge in [0.25, 0.3) is 0 Å². The van der Waals surface area contributed by atoms with E-state index >= 15 is 0 Å². The number of hydrogen-bond donors (Lipinski definition) is 1. The summed E-state index contributed by atoms with van der Waals surface area (Å²) in [5, 5.41) is 3.50. The fraction of sp³-hybridized carbons (Fsp3) is 1.00. The molecule has 3 fully saturated rings. The monoisotopic (exact) mass is 236 g/mol. The van der Waals surface area contributed by atoms with Gasteiger partial charge < -0.3 is 10.2 Å². The summed E-state index contributed by atoms with van der Waals surface area (Å²) in [7, 11) is 0. The number of likely N-dealkylation sites (tertiary alicyclic amines) is 1. The van der Waals surface area contributed by atoms with Crippen LogP contribution in [0.3, 0.4) is 0 Å². The number of nitrogens with one attached hydrogen (secondary N) is 1. The van der Waals surface area contributed by atoms with Gasteiger partial charge in [0, 0.05) is 13.1 Å². The van der Waals surface area contributed by atoms with Gasteiger partial charge in [-0.1, -0.05) is 13.8 Å². The first kappa shape index (κ1) is 12.0. The van der Waals surface area contributed by atoms with E-state index in [4.69, 9.17) is 0 Å². The molecule has 98 valence electrons. The van der Waals surface area contributed by atoms with Crippen molar-refractivity contribution in [3.63, 3.8) is 0 Å². The summed E-state index contributed by atoms with van der Waals surface area (Å²) in [5.41, 5.74) is 1.33. The summed E-state index contributed by atoms with van der Waals surface area (Å²) in [6, 6.07) is 0. The van der Waals surface area contributed by atoms with E-state index in [1.807, 2.05) is 0 Å². The predicted octanol–water partition coefficient (Wildman–Crippen LogP) is 2.50. The maximum atomic E-state index is 3.50. The first-order chi connectivity index (χ1) is 8.10. The average molecular weight is 236 g/mol. The van der Waals surface area contributed by atoms with E-state index in [0.29, 0.717) is 5.41 Å². The molecule has 0 amide bonds. The third kappa shape index (κ3) is 2.53. The molecule has 0 radical (unpaired) electrons. The van der Waals surface area contributed by atoms with Crippen LogP contribution in [0.2, 0.25) is 0 Å². The Kier molecular flexibility index (Phi) is 2.99. The van der Waals surface area contributed by atoms with E-state index in [1.54, 1.807) is 0 Å². The molecule has 1 aliphatic carbocycles. The highest BCUT2D eigenvalue weighted by molar-refractivity contribution is 5.05. The normalized spacial score (nSPS) is 36.0. The molecule has 2 aliphatic heterocycles. The van der Waals surface area contributed by atoms with Crippen molar-refractivity contribution in [3.05, 3.63) is 0 Å². The fourth-order valence-corrected chi connectivity index (χ4v) is 4.24. The van der Waals surface area contributed by atoms with Crippen LogP contribution in [0.4, 0.5) is 0 Å². The van der Waals surface area contributed by atoms with Gasteiger partial charge in [0.05, 0.1) is 0 Å². The van der Waals surface area contributed by atoms with Crippen LogP contribution in [0.5, 0.6) is 0 Å². The van der Waals surface area contributed by atoms with Crippen LogP contribution in [0.25, 0.3) is 0 Å². The van der Waals surface area contributed by atoms with Gasteiger partial charge in [0.15, 0.2) is 0 Å². The highest BCUT2D eigenvalue weighted by atomic mass is 15.1. The van der Waals surface area contributed by atoms with Crippen molar-refractivity contribution in [2.75, 3.05) is 32.7 Å². The quantitative estimate of drug-likeness (QED) is 0.792. The number of rotatable bonds is 2. The molecule has 3 rings (SSSR count). The summed E-state index contributed by atoms with van der Waals surface area (Å²) in [5.74, 6) is 1.03. The Bertz CT molecular complexity index is 279. The maximum absolute atomic E-state index is 3.50. The lowest BCUT2D eigenvalue weighted by Gasteiger charge is -2.38. The molecule has 17 heavy (non-hydrogen) atoms. The highest BCUT2D eigenvalue weighted by Crippen LogP contribution is 2.58. The first-order valence-corrected chi connectivity index (χ1v) is 7.53. The molecule has 0 aromatic rings. The van der Waals surface area contributed by atoms with Crippen LogP contribution in [0, 0.1) is 16.7 Å². The standard InChI is InChI=1S/C15H28N2/c1-14(2)4-3-9-17(12-14)11-13-10-15(13)5-7-16-8-6-15/h13,16H,3-12H2,1-2H3. The van der Waals surface area contributed by atoms with Crippen molar-refractivity contribution in [1.82, 2.24) is 10.2 Å². The minimum atomic E-state index is 0.564. The smallest absolute Gasteiger partial charge is 0.00328 e. The minimum Gasteiger partial charge on any atom is -0.317 e. The zero-order valence-electron chi connectivity index (χ0n) is 11.6. The summed E-state index contributed by atoms with van der Waals surface area (Å²) < 4.78 is 0. The van der Waals surface area contributed by atoms with E-state index in [2.05, 4.69) is 24.1 Å². The molecule has 0 aromatic carbocycles. The molecular weight excluding hydrogens is 208 g/mol. The van der Waals surface area contributed by atoms with Gasteiger partial charge in [-0.3, -0.25) is 0 Å². The van der Waals surface area contributed by atoms with E-state index in [1.165, 1.54) is 64.8 Å². The SMILES string of the molecule is CC1(C)CCCN(CC2CC23CCNCC3)C1. The second-order valence-corrected chi connectivity index (χ2v) is 7.52. The highest BCUT2D eigenvalue weighted by Gasteiger charge is 2.54. The average Bonchev–Trinajstić information content (AvgIpc) is 2.90. The molecule has 1 N–H and O–H groups in total. The van der Waals surface area contributed by atoms with E-state index in [9.17, 15) is 0 Å². The predicted molar refractivity (Wildman–Crippen MR) is 72.1 cm³/mol. The van der Waals surface area contributed by atoms with Crippen LogP contribution in [-0.4, -0.2) is 37.6 Å². The van der Waals surface area contributed by atoms with Crippen molar-refractivity contribution < 1.29 is 0 Å². The molecule has 2 heteroatoms. The summed E-state index contributed by atoms with van der Waals surface area (Å²) >= 11 is 0. The number of piperidine rings is 2. The van der Waals surface area contributed by atoms with Crippen LogP contribution >= 0.6 is 0 Å². The molecule has 3 aliphatic rings. The van der Waals surface area contributed by atoms with Gasteiger partial charge in [-0.05, 0) is 68.5 Å². The second kappa shape index (κ2) is 4.24. The first-order valence-electron chi connectivity index (χ1n) is 7.53. The van der Waals surface area contributed by atoms with Gasteiger partial charge >= 0.3 is 0 Å². The topological polar surface area (TPSA) is 15.3 Å². The Morgan fingerprint density at radius 1 is 1.18 bits per heavy atom. The van der Waals surface area contributed by atoms with E-state index in [-0.39, 0.29) is 0 Å². The maximum Gasteiger partial charge on any atom is 0.00328 e. The number of nitrogens with zero attached hydrogens (tertiary/aromatic N) is 1. The summed E-state index contributed by atoms with van der Waals surface area (Å²) in [6.07, 6.45) is 7.23. The Balaban J connectivity index is 1.51. The molecule has 1 saturated carbocycles. The zero-order chi connectivity index (χ0) is 11.9. The molecule has 1 spiro atoms. The molecule has 1 unspecified atom stereocenters. The Morgan fingerprint density at radius 2 is 1.94 bits per heavy atom. The molecular formula is C15H28N2. The van der Waals surface area contributed by atoms with Gasteiger partial charge in [-0.2, -0.15) is 0 Å². The van der Waals surface area contributed by atoms with E-state index in [0.717, 1.165) is 11.3 Å². The van der Waals surface area contributed by atoms with Gasteiger partial charge in [0.2, 0.25) is 0 Å². The lowest BCUT2D eigenvalue weighted by atomic mass is 9.84. The van der Waals surface area contributed by atoms with Crippen molar-refractivity contribution in [1.29, 1.82) is 0 Å². The lowest BCUT2D eigenvalue weighted by molar-refractivity contribution is 0.106. The van der Waals surface area contributed by atoms with Crippen LogP contribution < -0.4 is 5.32 Å². The van der Waals surface area contributed by atoms with Crippen LogP contribution in [0.1, 0.15) is 46.0 Å². The van der Waals surface area contributed by atoms with Gasteiger partial charge in [-0.25, -0.2) is 0 Å². The second-order valence-electron chi connectivity index (χ2n) is 7.52. The Hall–Kier alpha value is -0.0800. The molecule has 1 atom stereocenters. The van der Waals surface area contributed by atoms with Gasteiger partial charge in [-0.15, -0.1) is 0 Å². The lowest BCUT2D eigenvalue weighted by Crippen LogP contribution is -2.42. The molecule has 2 saturated heterocycles. The summed E-state index contributed by atoms with van der Waals surface area (Å²) in [6.45, 7) is 11.5.